The molecule has 12 heteroatoms. The molecule has 0 saturated carbocycles. The highest BCUT2D eigenvalue weighted by Crippen LogP contribution is 2.39. The van der Waals surface area contributed by atoms with Crippen LogP contribution < -0.4 is 20.9 Å². The summed E-state index contributed by atoms with van der Waals surface area (Å²) in [6, 6.07) is 15.0. The standard InChI is InChI=1S/C25H14Cl2FN5O4/c26-19-10-16(33-25(36)30-23(34)21(12-29)31-33)11-20(27)22(19)37-17-4-5-18-13(8-17)6-7-32(24(18)35)15-3-1-2-14(28)9-15/h1-5,8-11H,6-7H2,(H,30,34,36). The second kappa shape index (κ2) is 9.54. The van der Waals surface area contributed by atoms with Crippen LogP contribution in [0.15, 0.2) is 64.2 Å². The molecule has 1 aliphatic heterocycles. The molecule has 3 aromatic carbocycles. The Morgan fingerprint density at radius 3 is 2.49 bits per heavy atom. The van der Waals surface area contributed by atoms with Gasteiger partial charge in [-0.25, -0.2) is 9.18 Å². The van der Waals surface area contributed by atoms with Crippen molar-refractivity contribution in [3.8, 4) is 23.3 Å². The number of aromatic amines is 1. The summed E-state index contributed by atoms with van der Waals surface area (Å²) in [7, 11) is 0. The van der Waals surface area contributed by atoms with Crippen molar-refractivity contribution in [3.63, 3.8) is 0 Å². The average molecular weight is 538 g/mol. The number of nitrogens with one attached hydrogen (secondary N) is 1. The third-order valence-electron chi connectivity index (χ3n) is 5.66. The van der Waals surface area contributed by atoms with Crippen LogP contribution in [0.1, 0.15) is 21.6 Å². The highest BCUT2D eigenvalue weighted by atomic mass is 35.5. The number of H-pyrrole nitrogens is 1. The van der Waals surface area contributed by atoms with Gasteiger partial charge in [0.1, 0.15) is 17.6 Å². The largest absolute Gasteiger partial charge is 0.454 e. The number of fused-ring (bicyclic) bond motifs is 1. The summed E-state index contributed by atoms with van der Waals surface area (Å²) >= 11 is 12.8. The lowest BCUT2D eigenvalue weighted by Crippen LogP contribution is -2.37. The molecule has 4 aromatic rings. The van der Waals surface area contributed by atoms with Crippen LogP contribution in [-0.2, 0) is 6.42 Å². The van der Waals surface area contributed by atoms with Crippen molar-refractivity contribution >= 4 is 34.8 Å². The molecule has 5 rings (SSSR count). The third-order valence-corrected chi connectivity index (χ3v) is 6.22. The normalized spacial score (nSPS) is 12.7. The lowest BCUT2D eigenvalue weighted by Gasteiger charge is -2.29. The van der Waals surface area contributed by atoms with E-state index in [9.17, 15) is 18.8 Å². The molecule has 1 N–H and O–H groups in total. The van der Waals surface area contributed by atoms with Crippen molar-refractivity contribution in [1.82, 2.24) is 14.8 Å². The molecule has 1 amide bonds. The van der Waals surface area contributed by atoms with Crippen molar-refractivity contribution in [2.75, 3.05) is 11.4 Å². The number of anilines is 1. The predicted molar refractivity (Wildman–Crippen MR) is 133 cm³/mol. The number of hydrogen-bond acceptors (Lipinski definition) is 6. The van der Waals surface area contributed by atoms with E-state index in [0.717, 1.165) is 10.2 Å². The number of benzene rings is 3. The molecule has 9 nitrogen and oxygen atoms in total. The zero-order chi connectivity index (χ0) is 26.3. The van der Waals surface area contributed by atoms with Crippen molar-refractivity contribution in [1.29, 1.82) is 5.26 Å². The van der Waals surface area contributed by atoms with Crippen LogP contribution in [0.25, 0.3) is 5.69 Å². The van der Waals surface area contributed by atoms with E-state index in [0.29, 0.717) is 30.0 Å². The smallest absolute Gasteiger partial charge is 0.349 e. The molecule has 0 aliphatic carbocycles. The van der Waals surface area contributed by atoms with E-state index in [4.69, 9.17) is 33.2 Å². The molecule has 1 aliphatic rings. The fraction of sp³-hybridized carbons (Fsp3) is 0.0800. The monoisotopic (exact) mass is 537 g/mol. The average Bonchev–Trinajstić information content (AvgIpc) is 2.86. The van der Waals surface area contributed by atoms with E-state index in [1.54, 1.807) is 36.4 Å². The first-order valence-electron chi connectivity index (χ1n) is 10.8. The number of amides is 1. The minimum Gasteiger partial charge on any atom is -0.454 e. The minimum atomic E-state index is -0.911. The zero-order valence-corrected chi connectivity index (χ0v) is 20.2. The number of hydrogen-bond donors (Lipinski definition) is 1. The Labute approximate surface area is 217 Å². The highest BCUT2D eigenvalue weighted by molar-refractivity contribution is 6.37. The number of nitriles is 1. The van der Waals surface area contributed by atoms with Crippen LogP contribution in [0.4, 0.5) is 10.1 Å². The van der Waals surface area contributed by atoms with Crippen molar-refractivity contribution < 1.29 is 13.9 Å². The number of ether oxygens (including phenoxy) is 1. The van der Waals surface area contributed by atoms with Gasteiger partial charge in [0, 0.05) is 17.8 Å². The SMILES string of the molecule is N#Cc1nn(-c2cc(Cl)c(Oc3ccc4c(c3)CCN(c3cccc(F)c3)C4=O)c(Cl)c2)c(=O)[nH]c1=O. The predicted octanol–water partition coefficient (Wildman–Crippen LogP) is 4.23. The van der Waals surface area contributed by atoms with E-state index < -0.39 is 22.8 Å². The van der Waals surface area contributed by atoms with Gasteiger partial charge >= 0.3 is 5.69 Å². The van der Waals surface area contributed by atoms with E-state index in [1.165, 1.54) is 29.2 Å². The summed E-state index contributed by atoms with van der Waals surface area (Å²) in [4.78, 5) is 40.3. The van der Waals surface area contributed by atoms with Gasteiger partial charge < -0.3 is 9.64 Å². The number of carbonyl (C=O) groups is 1. The molecule has 184 valence electrons. The summed E-state index contributed by atoms with van der Waals surface area (Å²) in [6.07, 6.45) is 0.511. The molecule has 0 fully saturated rings. The lowest BCUT2D eigenvalue weighted by molar-refractivity contribution is 0.0980. The number of carbonyl (C=O) groups excluding carboxylic acids is 1. The van der Waals surface area contributed by atoms with Crippen LogP contribution in [-0.4, -0.2) is 27.2 Å². The van der Waals surface area contributed by atoms with E-state index in [1.807, 2.05) is 4.98 Å². The van der Waals surface area contributed by atoms with Gasteiger partial charge in [0.15, 0.2) is 5.75 Å². The second-order valence-corrected chi connectivity index (χ2v) is 8.79. The maximum Gasteiger partial charge on any atom is 0.349 e. The zero-order valence-electron chi connectivity index (χ0n) is 18.7. The Kier molecular flexibility index (Phi) is 6.25. The number of rotatable bonds is 4. The van der Waals surface area contributed by atoms with Crippen LogP contribution >= 0.6 is 23.2 Å². The van der Waals surface area contributed by atoms with Crippen molar-refractivity contribution in [2.24, 2.45) is 0 Å². The molecule has 37 heavy (non-hydrogen) atoms. The number of aromatic nitrogens is 3. The molecule has 2 heterocycles. The second-order valence-electron chi connectivity index (χ2n) is 7.98. The first-order chi connectivity index (χ1) is 17.7. The molecular weight excluding hydrogens is 524 g/mol. The first-order valence-corrected chi connectivity index (χ1v) is 11.5. The molecule has 0 unspecified atom stereocenters. The molecule has 0 radical (unpaired) electrons. The van der Waals surface area contributed by atoms with Gasteiger partial charge in [-0.15, -0.1) is 5.10 Å². The van der Waals surface area contributed by atoms with Crippen LogP contribution in [0.5, 0.6) is 11.5 Å². The molecule has 1 aromatic heterocycles. The topological polar surface area (TPSA) is 121 Å². The van der Waals surface area contributed by atoms with Crippen LogP contribution in [0.3, 0.4) is 0 Å². The Balaban J connectivity index is 1.43. The molecule has 0 atom stereocenters. The minimum absolute atomic E-state index is 0.0342. The Morgan fingerprint density at radius 2 is 1.78 bits per heavy atom. The third kappa shape index (κ3) is 4.58. The fourth-order valence-corrected chi connectivity index (χ4v) is 4.50. The summed E-state index contributed by atoms with van der Waals surface area (Å²) in [5.74, 6) is -0.220. The quantitative estimate of drug-likeness (QED) is 0.415. The maximum absolute atomic E-state index is 13.6. The first kappa shape index (κ1) is 24.2. The highest BCUT2D eigenvalue weighted by Gasteiger charge is 2.26. The maximum atomic E-state index is 13.6. The lowest BCUT2D eigenvalue weighted by atomic mass is 9.98. The van der Waals surface area contributed by atoms with Crippen LogP contribution in [0.2, 0.25) is 10.0 Å². The Hall–Kier alpha value is -4.46. The van der Waals surface area contributed by atoms with E-state index >= 15 is 0 Å². The summed E-state index contributed by atoms with van der Waals surface area (Å²) in [5.41, 5.74) is -0.505. The van der Waals surface area contributed by atoms with E-state index in [2.05, 4.69) is 5.10 Å². The summed E-state index contributed by atoms with van der Waals surface area (Å²) < 4.78 is 20.3. The van der Waals surface area contributed by atoms with Gasteiger partial charge in [0.2, 0.25) is 5.69 Å². The van der Waals surface area contributed by atoms with Gasteiger partial charge in [-0.2, -0.15) is 9.94 Å². The van der Waals surface area contributed by atoms with Crippen LogP contribution in [0, 0.1) is 17.1 Å². The molecule has 0 bridgehead atoms. The molecule has 0 saturated heterocycles. The van der Waals surface area contributed by atoms with Gasteiger partial charge in [-0.1, -0.05) is 29.3 Å². The number of halogens is 3. The fourth-order valence-electron chi connectivity index (χ4n) is 3.95. The van der Waals surface area contributed by atoms with Gasteiger partial charge in [-0.3, -0.25) is 14.6 Å². The van der Waals surface area contributed by atoms with Crippen molar-refractivity contribution in [2.45, 2.75) is 6.42 Å². The summed E-state index contributed by atoms with van der Waals surface area (Å²) in [6.45, 7) is 0.362. The Morgan fingerprint density at radius 1 is 1.03 bits per heavy atom. The van der Waals surface area contributed by atoms with Gasteiger partial charge in [0.05, 0.1) is 15.7 Å². The molecule has 0 spiro atoms. The summed E-state index contributed by atoms with van der Waals surface area (Å²) in [5, 5.41) is 12.8. The Bertz CT molecular complexity index is 1720. The molecular formula is C25H14Cl2FN5O4. The van der Waals surface area contributed by atoms with Gasteiger partial charge in [0.25, 0.3) is 11.5 Å². The van der Waals surface area contributed by atoms with Gasteiger partial charge in [-0.05, 0) is 60.5 Å². The number of nitrogens with zero attached hydrogens (tertiary/aromatic N) is 4. The van der Waals surface area contributed by atoms with Crippen molar-refractivity contribution in [3.05, 3.63) is 108 Å². The van der Waals surface area contributed by atoms with E-state index in [-0.39, 0.29) is 27.4 Å².